The van der Waals surface area contributed by atoms with E-state index in [0.717, 1.165) is 9.99 Å². The Morgan fingerprint density at radius 3 is 2.92 bits per heavy atom. The van der Waals surface area contributed by atoms with Gasteiger partial charge in [-0.1, -0.05) is 0 Å². The van der Waals surface area contributed by atoms with E-state index in [-0.39, 0.29) is 0 Å². The Morgan fingerprint density at radius 1 is 1.54 bits per heavy atom. The van der Waals surface area contributed by atoms with Crippen LogP contribution in [0.3, 0.4) is 0 Å². The fourth-order valence-electron chi connectivity index (χ4n) is 1.27. The highest BCUT2D eigenvalue weighted by atomic mass is 79.9. The van der Waals surface area contributed by atoms with E-state index in [1.807, 2.05) is 24.4 Å². The van der Waals surface area contributed by atoms with Crippen LogP contribution in [-0.2, 0) is 0 Å². The predicted octanol–water partition coefficient (Wildman–Crippen LogP) is 2.16. The first kappa shape index (κ1) is 8.14. The summed E-state index contributed by atoms with van der Waals surface area (Å²) >= 11 is 3.39. The average molecular weight is 236 g/mol. The minimum Gasteiger partial charge on any atom is -0.384 e. The van der Waals surface area contributed by atoms with Crippen LogP contribution < -0.4 is 5.73 Å². The van der Waals surface area contributed by atoms with Crippen molar-refractivity contribution in [3.05, 3.63) is 34.4 Å². The van der Waals surface area contributed by atoms with Crippen LogP contribution in [0.5, 0.6) is 0 Å². The van der Waals surface area contributed by atoms with Gasteiger partial charge in [-0.3, -0.25) is 0 Å². The van der Waals surface area contributed by atoms with E-state index in [0.29, 0.717) is 11.4 Å². The number of anilines is 1. The molecule has 0 fully saturated rings. The van der Waals surface area contributed by atoms with Crippen molar-refractivity contribution in [1.29, 1.82) is 5.26 Å². The van der Waals surface area contributed by atoms with E-state index in [4.69, 9.17) is 11.0 Å². The lowest BCUT2D eigenvalue weighted by molar-refractivity contribution is 1.20. The van der Waals surface area contributed by atoms with Gasteiger partial charge in [-0.2, -0.15) is 5.26 Å². The molecule has 0 aliphatic rings. The summed E-state index contributed by atoms with van der Waals surface area (Å²) in [5.41, 5.74) is 7.16. The maximum Gasteiger partial charge on any atom is 0.126 e. The largest absolute Gasteiger partial charge is 0.384 e. The van der Waals surface area contributed by atoms with Gasteiger partial charge >= 0.3 is 0 Å². The molecule has 0 atom stereocenters. The fraction of sp³-hybridized carbons (Fsp3) is 0. The van der Waals surface area contributed by atoms with E-state index in [9.17, 15) is 0 Å². The first-order chi connectivity index (χ1) is 6.24. The zero-order chi connectivity index (χ0) is 9.42. The summed E-state index contributed by atoms with van der Waals surface area (Å²) in [7, 11) is 0. The summed E-state index contributed by atoms with van der Waals surface area (Å²) < 4.78 is 2.71. The summed E-state index contributed by atoms with van der Waals surface area (Å²) in [4.78, 5) is 0. The number of hydrogen-bond acceptors (Lipinski definition) is 2. The molecule has 0 aliphatic heterocycles. The molecular formula is C9H6BrN3. The molecule has 0 radical (unpaired) electrons. The van der Waals surface area contributed by atoms with Gasteiger partial charge in [-0.25, -0.2) is 0 Å². The summed E-state index contributed by atoms with van der Waals surface area (Å²) in [5.74, 6) is 0.485. The normalized spacial score (nSPS) is 10.2. The van der Waals surface area contributed by atoms with Gasteiger partial charge < -0.3 is 10.1 Å². The topological polar surface area (TPSA) is 54.2 Å². The molecule has 2 rings (SSSR count). The Hall–Kier alpha value is -1.47. The number of aromatic nitrogens is 1. The number of hydrogen-bond donors (Lipinski definition) is 1. The van der Waals surface area contributed by atoms with Gasteiger partial charge in [-0.05, 0) is 34.1 Å². The van der Waals surface area contributed by atoms with Crippen LogP contribution in [0.1, 0.15) is 5.56 Å². The monoisotopic (exact) mass is 235 g/mol. The van der Waals surface area contributed by atoms with Crippen molar-refractivity contribution in [3.63, 3.8) is 0 Å². The Labute approximate surface area is 83.5 Å². The molecule has 13 heavy (non-hydrogen) atoms. The van der Waals surface area contributed by atoms with E-state index in [1.165, 1.54) is 0 Å². The second kappa shape index (κ2) is 2.79. The zero-order valence-corrected chi connectivity index (χ0v) is 8.25. The van der Waals surface area contributed by atoms with Crippen LogP contribution >= 0.6 is 15.9 Å². The van der Waals surface area contributed by atoms with Crippen molar-refractivity contribution < 1.29 is 0 Å². The smallest absolute Gasteiger partial charge is 0.126 e. The van der Waals surface area contributed by atoms with Crippen molar-refractivity contribution in [3.8, 4) is 6.07 Å². The maximum absolute atomic E-state index is 8.75. The quantitative estimate of drug-likeness (QED) is 0.761. The van der Waals surface area contributed by atoms with Gasteiger partial charge in [0, 0.05) is 10.7 Å². The van der Waals surface area contributed by atoms with Crippen molar-refractivity contribution in [2.75, 3.05) is 5.73 Å². The molecule has 0 amide bonds. The van der Waals surface area contributed by atoms with Gasteiger partial charge in [0.25, 0.3) is 0 Å². The Morgan fingerprint density at radius 2 is 2.31 bits per heavy atom. The molecule has 0 aromatic carbocycles. The summed E-state index contributed by atoms with van der Waals surface area (Å²) in [6.45, 7) is 0. The SMILES string of the molecule is N#Cc1cc2c(Br)cccn2c1N. The van der Waals surface area contributed by atoms with E-state index >= 15 is 0 Å². The van der Waals surface area contributed by atoms with Crippen LogP contribution in [-0.4, -0.2) is 4.40 Å². The van der Waals surface area contributed by atoms with Crippen LogP contribution in [0.15, 0.2) is 28.9 Å². The fourth-order valence-corrected chi connectivity index (χ4v) is 1.73. The number of nitrogen functional groups attached to an aromatic ring is 1. The van der Waals surface area contributed by atoms with Crippen molar-refractivity contribution >= 4 is 27.3 Å². The van der Waals surface area contributed by atoms with E-state index in [1.54, 1.807) is 10.5 Å². The number of fused-ring (bicyclic) bond motifs is 1. The van der Waals surface area contributed by atoms with Crippen LogP contribution in [0.4, 0.5) is 5.82 Å². The van der Waals surface area contributed by atoms with Gasteiger partial charge in [0.15, 0.2) is 0 Å². The lowest BCUT2D eigenvalue weighted by atomic mass is 10.3. The molecule has 0 aliphatic carbocycles. The number of pyridine rings is 1. The van der Waals surface area contributed by atoms with Gasteiger partial charge in [0.05, 0.1) is 11.1 Å². The third-order valence-corrected chi connectivity index (χ3v) is 2.59. The molecule has 0 spiro atoms. The molecule has 2 heterocycles. The molecule has 64 valence electrons. The first-order valence-electron chi connectivity index (χ1n) is 3.69. The standard InChI is InChI=1S/C9H6BrN3/c10-7-2-1-3-13-8(7)4-6(5-11)9(13)12/h1-4H,12H2. The second-order valence-corrected chi connectivity index (χ2v) is 3.52. The van der Waals surface area contributed by atoms with Crippen LogP contribution in [0.2, 0.25) is 0 Å². The Balaban J connectivity index is 2.94. The third kappa shape index (κ3) is 1.09. The number of halogens is 1. The molecule has 0 saturated heterocycles. The molecule has 4 heteroatoms. The van der Waals surface area contributed by atoms with Crippen molar-refractivity contribution in [2.24, 2.45) is 0 Å². The predicted molar refractivity (Wildman–Crippen MR) is 54.2 cm³/mol. The van der Waals surface area contributed by atoms with Crippen molar-refractivity contribution in [1.82, 2.24) is 4.40 Å². The van der Waals surface area contributed by atoms with E-state index in [2.05, 4.69) is 15.9 Å². The van der Waals surface area contributed by atoms with Crippen LogP contribution in [0.25, 0.3) is 5.52 Å². The lowest BCUT2D eigenvalue weighted by Gasteiger charge is -1.97. The number of nitrogens with zero attached hydrogens (tertiary/aromatic N) is 2. The maximum atomic E-state index is 8.75. The number of nitriles is 1. The molecule has 2 aromatic rings. The summed E-state index contributed by atoms with van der Waals surface area (Å²) in [5, 5.41) is 8.75. The highest BCUT2D eigenvalue weighted by molar-refractivity contribution is 9.10. The van der Waals surface area contributed by atoms with E-state index < -0.39 is 0 Å². The Bertz CT molecular complexity index is 507. The molecule has 2 N–H and O–H groups in total. The molecule has 3 nitrogen and oxygen atoms in total. The van der Waals surface area contributed by atoms with Crippen LogP contribution in [0, 0.1) is 11.3 Å². The van der Waals surface area contributed by atoms with Gasteiger partial charge in [0.2, 0.25) is 0 Å². The number of nitrogens with two attached hydrogens (primary N) is 1. The minimum atomic E-state index is 0.485. The van der Waals surface area contributed by atoms with Gasteiger partial charge in [-0.15, -0.1) is 0 Å². The highest BCUT2D eigenvalue weighted by Crippen LogP contribution is 2.24. The van der Waals surface area contributed by atoms with Gasteiger partial charge in [0.1, 0.15) is 11.9 Å². The zero-order valence-electron chi connectivity index (χ0n) is 6.66. The molecular weight excluding hydrogens is 230 g/mol. The average Bonchev–Trinajstić information content (AvgIpc) is 2.45. The highest BCUT2D eigenvalue weighted by Gasteiger charge is 2.07. The lowest BCUT2D eigenvalue weighted by Crippen LogP contribution is -1.93. The van der Waals surface area contributed by atoms with Crippen molar-refractivity contribution in [2.45, 2.75) is 0 Å². The minimum absolute atomic E-state index is 0.485. The second-order valence-electron chi connectivity index (χ2n) is 2.67. The molecule has 0 unspecified atom stereocenters. The molecule has 0 saturated carbocycles. The summed E-state index contributed by atoms with van der Waals surface area (Å²) in [6, 6.07) is 7.59. The molecule has 2 aromatic heterocycles. The number of rotatable bonds is 0. The summed E-state index contributed by atoms with van der Waals surface area (Å²) in [6.07, 6.45) is 1.83. The first-order valence-corrected chi connectivity index (χ1v) is 4.48. The molecule has 0 bridgehead atoms. The third-order valence-electron chi connectivity index (χ3n) is 1.92. The Kier molecular flexibility index (Phi) is 1.74.